The van der Waals surface area contributed by atoms with E-state index in [9.17, 15) is 18.0 Å². The van der Waals surface area contributed by atoms with Crippen molar-refractivity contribution in [3.8, 4) is 0 Å². The molecule has 2 unspecified atom stereocenters. The zero-order valence-electron chi connectivity index (χ0n) is 10.6. The van der Waals surface area contributed by atoms with E-state index < -0.39 is 24.2 Å². The molecule has 0 fully saturated rings. The minimum Gasteiger partial charge on any atom is -0.343 e. The number of hydrogen-bond donors (Lipinski definition) is 2. The van der Waals surface area contributed by atoms with Gasteiger partial charge in [-0.1, -0.05) is 30.3 Å². The minimum atomic E-state index is -4.47. The fraction of sp³-hybridized carbons (Fsp3) is 0.462. The fourth-order valence-electron chi connectivity index (χ4n) is 1.58. The number of benzene rings is 1. The number of halogens is 3. The van der Waals surface area contributed by atoms with Gasteiger partial charge < -0.3 is 11.1 Å². The van der Waals surface area contributed by atoms with Gasteiger partial charge in [-0.25, -0.2) is 0 Å². The summed E-state index contributed by atoms with van der Waals surface area (Å²) in [6.45, 7) is 1.35. The highest BCUT2D eigenvalue weighted by atomic mass is 19.4. The molecule has 0 aliphatic heterocycles. The lowest BCUT2D eigenvalue weighted by atomic mass is 10.0. The smallest absolute Gasteiger partial charge is 0.343 e. The Hall–Kier alpha value is -1.56. The summed E-state index contributed by atoms with van der Waals surface area (Å²) in [4.78, 5) is 11.3. The number of carbonyl (C=O) groups excluding carboxylic acids is 1. The third kappa shape index (κ3) is 5.30. The van der Waals surface area contributed by atoms with Crippen LogP contribution in [0.4, 0.5) is 13.2 Å². The van der Waals surface area contributed by atoms with Crippen LogP contribution in [-0.2, 0) is 11.2 Å². The van der Waals surface area contributed by atoms with Gasteiger partial charge in [-0.3, -0.25) is 4.79 Å². The molecule has 0 heterocycles. The maximum absolute atomic E-state index is 12.8. The molecule has 0 saturated carbocycles. The number of hydrogen-bond acceptors (Lipinski definition) is 2. The van der Waals surface area contributed by atoms with Crippen LogP contribution in [0.5, 0.6) is 0 Å². The number of rotatable bonds is 5. The van der Waals surface area contributed by atoms with E-state index in [2.05, 4.69) is 0 Å². The number of nitrogens with one attached hydrogen (secondary N) is 1. The van der Waals surface area contributed by atoms with Crippen LogP contribution in [0.1, 0.15) is 18.9 Å². The molecule has 0 bridgehead atoms. The van der Waals surface area contributed by atoms with Gasteiger partial charge in [0.25, 0.3) is 0 Å². The van der Waals surface area contributed by atoms with Gasteiger partial charge in [0, 0.05) is 0 Å². The van der Waals surface area contributed by atoms with Crippen molar-refractivity contribution < 1.29 is 18.0 Å². The molecular weight excluding hydrogens is 257 g/mol. The van der Waals surface area contributed by atoms with Gasteiger partial charge in [-0.15, -0.1) is 0 Å². The predicted octanol–water partition coefficient (Wildman–Crippen LogP) is 2.01. The summed E-state index contributed by atoms with van der Waals surface area (Å²) in [6, 6.07) is 5.99. The summed E-state index contributed by atoms with van der Waals surface area (Å²) in [7, 11) is 0. The summed E-state index contributed by atoms with van der Waals surface area (Å²) < 4.78 is 38.4. The zero-order chi connectivity index (χ0) is 14.5. The molecule has 3 nitrogen and oxygen atoms in total. The molecule has 6 heteroatoms. The van der Waals surface area contributed by atoms with E-state index in [-0.39, 0.29) is 12.8 Å². The lowest BCUT2D eigenvalue weighted by Gasteiger charge is -2.22. The van der Waals surface area contributed by atoms with Gasteiger partial charge in [0.1, 0.15) is 6.04 Å². The SMILES string of the molecule is CC(N)C(=O)NC(CCc1ccccc1)C(F)(F)F. The first kappa shape index (κ1) is 15.5. The van der Waals surface area contributed by atoms with Gasteiger partial charge in [0.15, 0.2) is 0 Å². The fourth-order valence-corrected chi connectivity index (χ4v) is 1.58. The second kappa shape index (κ2) is 6.56. The molecule has 1 rings (SSSR count). The van der Waals surface area contributed by atoms with E-state index in [0.29, 0.717) is 0 Å². The van der Waals surface area contributed by atoms with Crippen LogP contribution in [0.25, 0.3) is 0 Å². The van der Waals surface area contributed by atoms with E-state index in [1.807, 2.05) is 5.32 Å². The summed E-state index contributed by atoms with van der Waals surface area (Å²) >= 11 is 0. The van der Waals surface area contributed by atoms with E-state index >= 15 is 0 Å². The first-order valence-electron chi connectivity index (χ1n) is 5.97. The van der Waals surface area contributed by atoms with Crippen LogP contribution in [-0.4, -0.2) is 24.2 Å². The van der Waals surface area contributed by atoms with E-state index in [4.69, 9.17) is 5.73 Å². The van der Waals surface area contributed by atoms with Crippen molar-refractivity contribution in [2.45, 2.75) is 38.0 Å². The van der Waals surface area contributed by atoms with Crippen molar-refractivity contribution in [3.63, 3.8) is 0 Å². The highest BCUT2D eigenvalue weighted by Crippen LogP contribution is 2.23. The van der Waals surface area contributed by atoms with Crippen LogP contribution >= 0.6 is 0 Å². The van der Waals surface area contributed by atoms with Gasteiger partial charge in [0.2, 0.25) is 5.91 Å². The van der Waals surface area contributed by atoms with Crippen molar-refractivity contribution in [2.24, 2.45) is 5.73 Å². The molecule has 2 atom stereocenters. The van der Waals surface area contributed by atoms with Crippen LogP contribution in [0.15, 0.2) is 30.3 Å². The van der Waals surface area contributed by atoms with E-state index in [1.54, 1.807) is 30.3 Å². The number of aryl methyl sites for hydroxylation is 1. The highest BCUT2D eigenvalue weighted by molar-refractivity contribution is 5.81. The maximum Gasteiger partial charge on any atom is 0.408 e. The number of carbonyl (C=O) groups is 1. The van der Waals surface area contributed by atoms with E-state index in [1.165, 1.54) is 6.92 Å². The first-order valence-corrected chi connectivity index (χ1v) is 5.97. The molecule has 1 amide bonds. The molecule has 0 spiro atoms. The summed E-state index contributed by atoms with van der Waals surface area (Å²) in [5.41, 5.74) is 6.05. The lowest BCUT2D eigenvalue weighted by Crippen LogP contribution is -2.50. The van der Waals surface area contributed by atoms with Crippen LogP contribution in [0, 0.1) is 0 Å². The second-order valence-corrected chi connectivity index (χ2v) is 4.42. The van der Waals surface area contributed by atoms with Gasteiger partial charge in [0.05, 0.1) is 6.04 Å². The zero-order valence-corrected chi connectivity index (χ0v) is 10.6. The molecule has 0 radical (unpaired) electrons. The minimum absolute atomic E-state index is 0.202. The Kier molecular flexibility index (Phi) is 5.35. The van der Waals surface area contributed by atoms with Crippen molar-refractivity contribution in [1.82, 2.24) is 5.32 Å². The van der Waals surface area contributed by atoms with Crippen LogP contribution in [0.2, 0.25) is 0 Å². The largest absolute Gasteiger partial charge is 0.408 e. The first-order chi connectivity index (χ1) is 8.80. The lowest BCUT2D eigenvalue weighted by molar-refractivity contribution is -0.163. The highest BCUT2D eigenvalue weighted by Gasteiger charge is 2.40. The molecule has 0 aromatic heterocycles. The van der Waals surface area contributed by atoms with Crippen molar-refractivity contribution in [2.75, 3.05) is 0 Å². The normalized spacial score (nSPS) is 14.8. The quantitative estimate of drug-likeness (QED) is 0.863. The molecule has 19 heavy (non-hydrogen) atoms. The Labute approximate surface area is 110 Å². The van der Waals surface area contributed by atoms with Crippen molar-refractivity contribution in [3.05, 3.63) is 35.9 Å². The summed E-state index contributed by atoms with van der Waals surface area (Å²) in [6.07, 6.45) is -4.43. The van der Waals surface area contributed by atoms with E-state index in [0.717, 1.165) is 5.56 Å². The number of alkyl halides is 3. The molecule has 1 aromatic rings. The Morgan fingerprint density at radius 2 is 1.89 bits per heavy atom. The van der Waals surface area contributed by atoms with Gasteiger partial charge in [-0.2, -0.15) is 13.2 Å². The van der Waals surface area contributed by atoms with Gasteiger partial charge in [-0.05, 0) is 25.3 Å². The standard InChI is InChI=1S/C13H17F3N2O/c1-9(17)12(19)18-11(13(14,15)16)8-7-10-5-3-2-4-6-10/h2-6,9,11H,7-8,17H2,1H3,(H,18,19). The summed E-state index contributed by atoms with van der Waals surface area (Å²) in [5, 5.41) is 1.94. The molecule has 106 valence electrons. The van der Waals surface area contributed by atoms with Gasteiger partial charge >= 0.3 is 6.18 Å². The average Bonchev–Trinajstić information content (AvgIpc) is 2.33. The maximum atomic E-state index is 12.8. The van der Waals surface area contributed by atoms with Crippen LogP contribution < -0.4 is 11.1 Å². The molecule has 0 saturated heterocycles. The topological polar surface area (TPSA) is 55.1 Å². The average molecular weight is 274 g/mol. The molecule has 3 N–H and O–H groups in total. The molecule has 0 aliphatic carbocycles. The Morgan fingerprint density at radius 3 is 2.37 bits per heavy atom. The Balaban J connectivity index is 2.63. The third-order valence-corrected chi connectivity index (χ3v) is 2.69. The van der Waals surface area contributed by atoms with Crippen molar-refractivity contribution in [1.29, 1.82) is 0 Å². The predicted molar refractivity (Wildman–Crippen MR) is 66.4 cm³/mol. The Bertz CT molecular complexity index is 404. The monoisotopic (exact) mass is 274 g/mol. The molecule has 1 aromatic carbocycles. The molecular formula is C13H17F3N2O. The Morgan fingerprint density at radius 1 is 1.32 bits per heavy atom. The number of amides is 1. The molecule has 0 aliphatic rings. The number of nitrogens with two attached hydrogens (primary N) is 1. The third-order valence-electron chi connectivity index (χ3n) is 2.69. The van der Waals surface area contributed by atoms with Crippen LogP contribution in [0.3, 0.4) is 0 Å². The summed E-state index contributed by atoms with van der Waals surface area (Å²) in [5.74, 6) is -0.796. The van der Waals surface area contributed by atoms with Crippen molar-refractivity contribution >= 4 is 5.91 Å². The second-order valence-electron chi connectivity index (χ2n) is 4.42.